The van der Waals surface area contributed by atoms with Gasteiger partial charge in [0.15, 0.2) is 0 Å². The van der Waals surface area contributed by atoms with Gasteiger partial charge in [0, 0.05) is 11.4 Å². The van der Waals surface area contributed by atoms with E-state index in [0.717, 1.165) is 0 Å². The lowest BCUT2D eigenvalue weighted by Gasteiger charge is -2.12. The largest absolute Gasteiger partial charge is 0.506 e. The molecule has 1 heterocycles. The van der Waals surface area contributed by atoms with E-state index in [1.807, 2.05) is 0 Å². The van der Waals surface area contributed by atoms with E-state index < -0.39 is 15.9 Å². The lowest BCUT2D eigenvalue weighted by atomic mass is 10.2. The normalized spacial score (nSPS) is 11.0. The van der Waals surface area contributed by atoms with Crippen LogP contribution < -0.4 is 14.8 Å². The molecular formula is C20H19N3O5S. The maximum atomic E-state index is 12.7. The lowest BCUT2D eigenvalue weighted by Crippen LogP contribution is -2.16. The van der Waals surface area contributed by atoms with Crippen LogP contribution >= 0.6 is 0 Å². The highest BCUT2D eigenvalue weighted by Gasteiger charge is 2.18. The molecule has 0 aliphatic heterocycles. The predicted molar refractivity (Wildman–Crippen MR) is 109 cm³/mol. The molecule has 0 bridgehead atoms. The van der Waals surface area contributed by atoms with E-state index in [0.29, 0.717) is 17.1 Å². The molecule has 150 valence electrons. The summed E-state index contributed by atoms with van der Waals surface area (Å²) in [5, 5.41) is 12.5. The Kier molecular flexibility index (Phi) is 5.69. The van der Waals surface area contributed by atoms with Crippen LogP contribution in [0.3, 0.4) is 0 Å². The first-order valence-electron chi connectivity index (χ1n) is 8.53. The fourth-order valence-corrected chi connectivity index (χ4v) is 3.60. The van der Waals surface area contributed by atoms with Crippen molar-refractivity contribution in [2.45, 2.75) is 11.8 Å². The molecular weight excluding hydrogens is 394 g/mol. The van der Waals surface area contributed by atoms with Crippen LogP contribution in [0.15, 0.2) is 65.6 Å². The number of hydrogen-bond donors (Lipinski definition) is 3. The smallest absolute Gasteiger partial charge is 0.274 e. The monoisotopic (exact) mass is 413 g/mol. The zero-order valence-corrected chi connectivity index (χ0v) is 16.5. The maximum Gasteiger partial charge on any atom is 0.274 e. The summed E-state index contributed by atoms with van der Waals surface area (Å²) in [4.78, 5) is 16.3. The van der Waals surface area contributed by atoms with Crippen LogP contribution in [-0.2, 0) is 10.0 Å². The van der Waals surface area contributed by atoms with Gasteiger partial charge in [0.1, 0.15) is 17.2 Å². The summed E-state index contributed by atoms with van der Waals surface area (Å²) < 4.78 is 32.8. The van der Waals surface area contributed by atoms with Gasteiger partial charge in [-0.1, -0.05) is 6.07 Å². The minimum Gasteiger partial charge on any atom is -0.506 e. The Balaban J connectivity index is 1.84. The van der Waals surface area contributed by atoms with Crippen LogP contribution in [0.1, 0.15) is 16.2 Å². The second-order valence-electron chi connectivity index (χ2n) is 6.13. The van der Waals surface area contributed by atoms with Crippen LogP contribution in [0.4, 0.5) is 11.4 Å². The average molecular weight is 413 g/mol. The molecule has 0 saturated carbocycles. The molecule has 29 heavy (non-hydrogen) atoms. The molecule has 3 rings (SSSR count). The third-order valence-corrected chi connectivity index (χ3v) is 5.37. The summed E-state index contributed by atoms with van der Waals surface area (Å²) in [6.45, 7) is 1.74. The van der Waals surface area contributed by atoms with Crippen molar-refractivity contribution in [3.63, 3.8) is 0 Å². The molecule has 8 nitrogen and oxygen atoms in total. The second-order valence-corrected chi connectivity index (χ2v) is 7.81. The SMILES string of the molecule is COc1ccc(NS(=O)(=O)c2ccc(O)c(NC(=O)c3cccc(C)n3)c2)cc1. The number of methoxy groups -OCH3 is 1. The molecule has 0 radical (unpaired) electrons. The number of nitrogens with one attached hydrogen (secondary N) is 2. The number of nitrogens with zero attached hydrogens (tertiary/aromatic N) is 1. The number of anilines is 2. The fourth-order valence-electron chi connectivity index (χ4n) is 2.51. The first kappa shape index (κ1) is 20.2. The predicted octanol–water partition coefficient (Wildman–Crippen LogP) is 3.16. The van der Waals surface area contributed by atoms with E-state index in [4.69, 9.17) is 4.74 Å². The van der Waals surface area contributed by atoms with Gasteiger partial charge in [0.25, 0.3) is 15.9 Å². The number of benzene rings is 2. The van der Waals surface area contributed by atoms with Crippen LogP contribution in [0.5, 0.6) is 11.5 Å². The highest BCUT2D eigenvalue weighted by molar-refractivity contribution is 7.92. The zero-order chi connectivity index (χ0) is 21.0. The number of aromatic hydroxyl groups is 1. The van der Waals surface area contributed by atoms with Crippen LogP contribution in [0.25, 0.3) is 0 Å². The van der Waals surface area contributed by atoms with Gasteiger partial charge in [-0.05, 0) is 61.5 Å². The summed E-state index contributed by atoms with van der Waals surface area (Å²) >= 11 is 0. The molecule has 1 amide bonds. The average Bonchev–Trinajstić information content (AvgIpc) is 2.69. The van der Waals surface area contributed by atoms with Gasteiger partial charge in [-0.15, -0.1) is 0 Å². The van der Waals surface area contributed by atoms with E-state index in [-0.39, 0.29) is 22.0 Å². The van der Waals surface area contributed by atoms with Crippen molar-refractivity contribution < 1.29 is 23.1 Å². The third kappa shape index (κ3) is 4.82. The summed E-state index contributed by atoms with van der Waals surface area (Å²) in [5.74, 6) is -0.247. The van der Waals surface area contributed by atoms with Crippen molar-refractivity contribution >= 4 is 27.3 Å². The number of ether oxygens (including phenoxy) is 1. The van der Waals surface area contributed by atoms with Gasteiger partial charge in [-0.2, -0.15) is 0 Å². The summed E-state index contributed by atoms with van der Waals surface area (Å²) in [7, 11) is -2.44. The van der Waals surface area contributed by atoms with Gasteiger partial charge in [-0.25, -0.2) is 13.4 Å². The first-order valence-corrected chi connectivity index (χ1v) is 10.0. The highest BCUT2D eigenvalue weighted by atomic mass is 32.2. The minimum atomic E-state index is -3.95. The van der Waals surface area contributed by atoms with Crippen molar-refractivity contribution in [2.24, 2.45) is 0 Å². The van der Waals surface area contributed by atoms with Gasteiger partial charge in [-0.3, -0.25) is 9.52 Å². The van der Waals surface area contributed by atoms with Crippen molar-refractivity contribution in [1.29, 1.82) is 0 Å². The quantitative estimate of drug-likeness (QED) is 0.534. The molecule has 0 spiro atoms. The summed E-state index contributed by atoms with van der Waals surface area (Å²) in [6, 6.07) is 14.9. The van der Waals surface area contributed by atoms with Crippen molar-refractivity contribution in [2.75, 3.05) is 17.1 Å². The Morgan fingerprint density at radius 3 is 2.45 bits per heavy atom. The van der Waals surface area contributed by atoms with Gasteiger partial charge >= 0.3 is 0 Å². The van der Waals surface area contributed by atoms with Crippen LogP contribution in [0.2, 0.25) is 0 Å². The number of hydrogen-bond acceptors (Lipinski definition) is 6. The summed E-state index contributed by atoms with van der Waals surface area (Å²) in [5.41, 5.74) is 1.10. The minimum absolute atomic E-state index is 0.0455. The van der Waals surface area contributed by atoms with Crippen molar-refractivity contribution in [3.05, 3.63) is 72.1 Å². The van der Waals surface area contributed by atoms with Crippen LogP contribution in [-0.4, -0.2) is 31.5 Å². The van der Waals surface area contributed by atoms with E-state index in [2.05, 4.69) is 15.0 Å². The Bertz CT molecular complexity index is 1150. The fraction of sp³-hybridized carbons (Fsp3) is 0.100. The highest BCUT2D eigenvalue weighted by Crippen LogP contribution is 2.28. The number of phenolic OH excluding ortho intramolecular Hbond substituents is 1. The number of aryl methyl sites for hydroxylation is 1. The number of sulfonamides is 1. The number of amides is 1. The number of carbonyl (C=O) groups excluding carboxylic acids is 1. The van der Waals surface area contributed by atoms with E-state index in [1.165, 1.54) is 31.4 Å². The van der Waals surface area contributed by atoms with Crippen molar-refractivity contribution in [3.8, 4) is 11.5 Å². The van der Waals surface area contributed by atoms with Gasteiger partial charge in [0.05, 0.1) is 17.7 Å². The standard InChI is InChI=1S/C20H19N3O5S/c1-13-4-3-5-17(21-13)20(25)22-18-12-16(10-11-19(18)24)29(26,27)23-14-6-8-15(28-2)9-7-14/h3-12,23-24H,1-2H3,(H,22,25). The number of carbonyl (C=O) groups is 1. The molecule has 3 N–H and O–H groups in total. The molecule has 0 atom stereocenters. The molecule has 0 unspecified atom stereocenters. The Morgan fingerprint density at radius 2 is 1.79 bits per heavy atom. The number of aromatic nitrogens is 1. The zero-order valence-electron chi connectivity index (χ0n) is 15.7. The summed E-state index contributed by atoms with van der Waals surface area (Å²) in [6.07, 6.45) is 0. The molecule has 0 aliphatic rings. The lowest BCUT2D eigenvalue weighted by molar-refractivity contribution is 0.102. The number of rotatable bonds is 6. The van der Waals surface area contributed by atoms with Gasteiger partial charge < -0.3 is 15.2 Å². The van der Waals surface area contributed by atoms with E-state index in [9.17, 15) is 18.3 Å². The molecule has 0 aliphatic carbocycles. The molecule has 9 heteroatoms. The molecule has 3 aromatic rings. The number of pyridine rings is 1. The van der Waals surface area contributed by atoms with E-state index >= 15 is 0 Å². The topological polar surface area (TPSA) is 118 Å². The van der Waals surface area contributed by atoms with Gasteiger partial charge in [0.2, 0.25) is 0 Å². The third-order valence-electron chi connectivity index (χ3n) is 3.99. The Labute approximate surface area is 168 Å². The Hall–Kier alpha value is -3.59. The first-order chi connectivity index (χ1) is 13.8. The van der Waals surface area contributed by atoms with Crippen LogP contribution in [0, 0.1) is 6.92 Å². The maximum absolute atomic E-state index is 12.7. The molecule has 1 aromatic heterocycles. The van der Waals surface area contributed by atoms with E-state index in [1.54, 1.807) is 43.3 Å². The molecule has 0 saturated heterocycles. The molecule has 0 fully saturated rings. The molecule has 2 aromatic carbocycles. The second kappa shape index (κ2) is 8.19. The van der Waals surface area contributed by atoms with Crippen molar-refractivity contribution in [1.82, 2.24) is 4.98 Å². The number of phenols is 1. The Morgan fingerprint density at radius 1 is 1.07 bits per heavy atom.